The number of aromatic amines is 1. The van der Waals surface area contributed by atoms with Crippen LogP contribution in [0.4, 0.5) is 0 Å². The van der Waals surface area contributed by atoms with Gasteiger partial charge in [-0.25, -0.2) is 4.98 Å². The number of rotatable bonds is 9. The molecule has 0 radical (unpaired) electrons. The molecule has 2 aromatic carbocycles. The Hall–Kier alpha value is -2.04. The number of H-pyrrole nitrogens is 1. The van der Waals surface area contributed by atoms with E-state index in [-0.39, 0.29) is 0 Å². The van der Waals surface area contributed by atoms with Gasteiger partial charge in [0.2, 0.25) is 0 Å². The third-order valence-corrected chi connectivity index (χ3v) is 6.53. The van der Waals surface area contributed by atoms with E-state index in [1.54, 1.807) is 0 Å². The first-order valence-corrected chi connectivity index (χ1v) is 11.6. The molecule has 1 saturated heterocycles. The standard InChI is InChI=1S/C25H32ClN3O/c1-18-20(6-4-2-3-5-19-13-15-27-16-14-19)7-12-23-25(18)29-24(28-23)17-30-22-10-8-21(26)9-11-22/h7-12,19,27H,2-6,13-17H2,1H3,(H,28,29). The Bertz CT molecular complexity index is 945. The molecule has 4 rings (SSSR count). The lowest BCUT2D eigenvalue weighted by atomic mass is 9.91. The van der Waals surface area contributed by atoms with Crippen LogP contribution in [0.25, 0.3) is 11.0 Å². The summed E-state index contributed by atoms with van der Waals surface area (Å²) in [6.45, 7) is 5.03. The molecule has 1 aliphatic heterocycles. The van der Waals surface area contributed by atoms with Crippen LogP contribution < -0.4 is 10.1 Å². The van der Waals surface area contributed by atoms with Crippen molar-refractivity contribution < 1.29 is 4.74 Å². The molecule has 3 aromatic rings. The smallest absolute Gasteiger partial charge is 0.146 e. The number of piperidine rings is 1. The molecule has 1 aliphatic rings. The van der Waals surface area contributed by atoms with Crippen LogP contribution in [0.3, 0.4) is 0 Å². The van der Waals surface area contributed by atoms with Gasteiger partial charge in [0.05, 0.1) is 11.0 Å². The second-order valence-corrected chi connectivity index (χ2v) is 8.90. The number of fused-ring (bicyclic) bond motifs is 1. The van der Waals surface area contributed by atoms with Crippen molar-refractivity contribution in [1.82, 2.24) is 15.3 Å². The molecule has 2 N–H and O–H groups in total. The van der Waals surface area contributed by atoms with Crippen LogP contribution in [0.15, 0.2) is 36.4 Å². The zero-order valence-electron chi connectivity index (χ0n) is 17.8. The van der Waals surface area contributed by atoms with Gasteiger partial charge in [0.15, 0.2) is 0 Å². The summed E-state index contributed by atoms with van der Waals surface area (Å²) in [5.74, 6) is 2.59. The lowest BCUT2D eigenvalue weighted by Crippen LogP contribution is -2.27. The Morgan fingerprint density at radius 2 is 1.83 bits per heavy atom. The highest BCUT2D eigenvalue weighted by Gasteiger charge is 2.13. The molecule has 30 heavy (non-hydrogen) atoms. The number of halogens is 1. The Kier molecular flexibility index (Phi) is 7.29. The van der Waals surface area contributed by atoms with Gasteiger partial charge in [-0.15, -0.1) is 0 Å². The lowest BCUT2D eigenvalue weighted by Gasteiger charge is -2.22. The van der Waals surface area contributed by atoms with Crippen molar-refractivity contribution in [2.24, 2.45) is 5.92 Å². The first-order valence-electron chi connectivity index (χ1n) is 11.3. The number of benzene rings is 2. The fourth-order valence-corrected chi connectivity index (χ4v) is 4.55. The molecule has 2 heterocycles. The van der Waals surface area contributed by atoms with E-state index in [1.807, 2.05) is 24.3 Å². The summed E-state index contributed by atoms with van der Waals surface area (Å²) in [6, 6.07) is 11.8. The molecule has 0 aliphatic carbocycles. The molecule has 160 valence electrons. The molecule has 0 unspecified atom stereocenters. The number of ether oxygens (including phenoxy) is 1. The number of aromatic nitrogens is 2. The van der Waals surface area contributed by atoms with E-state index >= 15 is 0 Å². The first-order chi connectivity index (χ1) is 14.7. The lowest BCUT2D eigenvalue weighted by molar-refractivity contribution is 0.297. The zero-order valence-corrected chi connectivity index (χ0v) is 18.6. The van der Waals surface area contributed by atoms with Gasteiger partial charge in [0, 0.05) is 5.02 Å². The minimum absolute atomic E-state index is 0.418. The molecule has 1 fully saturated rings. The Balaban J connectivity index is 1.29. The van der Waals surface area contributed by atoms with Gasteiger partial charge in [-0.3, -0.25) is 0 Å². The second-order valence-electron chi connectivity index (χ2n) is 8.46. The van der Waals surface area contributed by atoms with Crippen molar-refractivity contribution in [3.8, 4) is 5.75 Å². The van der Waals surface area contributed by atoms with Crippen molar-refractivity contribution in [3.63, 3.8) is 0 Å². The quantitative estimate of drug-likeness (QED) is 0.401. The minimum atomic E-state index is 0.418. The number of hydrogen-bond acceptors (Lipinski definition) is 3. The molecule has 0 saturated carbocycles. The molecule has 1 aromatic heterocycles. The number of aryl methyl sites for hydroxylation is 2. The van der Waals surface area contributed by atoms with Crippen LogP contribution in [0, 0.1) is 12.8 Å². The zero-order chi connectivity index (χ0) is 20.8. The van der Waals surface area contributed by atoms with Gasteiger partial charge in [-0.1, -0.05) is 36.9 Å². The van der Waals surface area contributed by atoms with Crippen LogP contribution in [0.1, 0.15) is 55.5 Å². The Labute approximate surface area is 184 Å². The predicted octanol–water partition coefficient (Wildman–Crippen LogP) is 6.21. The van der Waals surface area contributed by atoms with Crippen molar-refractivity contribution in [3.05, 3.63) is 58.4 Å². The van der Waals surface area contributed by atoms with E-state index in [1.165, 1.54) is 62.7 Å². The number of unbranched alkanes of at least 4 members (excludes halogenated alkanes) is 2. The number of nitrogens with one attached hydrogen (secondary N) is 2. The molecule has 4 nitrogen and oxygen atoms in total. The third kappa shape index (κ3) is 5.55. The second kappa shape index (κ2) is 10.3. The Morgan fingerprint density at radius 1 is 1.03 bits per heavy atom. The van der Waals surface area contributed by atoms with E-state index in [0.717, 1.165) is 34.9 Å². The monoisotopic (exact) mass is 425 g/mol. The first kappa shape index (κ1) is 21.2. The molecule has 0 spiro atoms. The Morgan fingerprint density at radius 3 is 2.63 bits per heavy atom. The summed E-state index contributed by atoms with van der Waals surface area (Å²) >= 11 is 5.93. The van der Waals surface area contributed by atoms with Crippen LogP contribution in [0.2, 0.25) is 5.02 Å². The third-order valence-electron chi connectivity index (χ3n) is 6.28. The van der Waals surface area contributed by atoms with E-state index in [2.05, 4.69) is 29.4 Å². The van der Waals surface area contributed by atoms with Gasteiger partial charge in [0.25, 0.3) is 0 Å². The largest absolute Gasteiger partial charge is 0.486 e. The summed E-state index contributed by atoms with van der Waals surface area (Å²) < 4.78 is 5.83. The van der Waals surface area contributed by atoms with Crippen molar-refractivity contribution in [2.45, 2.75) is 58.5 Å². The fraction of sp³-hybridized carbons (Fsp3) is 0.480. The maximum Gasteiger partial charge on any atom is 0.146 e. The maximum atomic E-state index is 5.93. The average molecular weight is 426 g/mol. The molecular weight excluding hydrogens is 394 g/mol. The van der Waals surface area contributed by atoms with Gasteiger partial charge in [-0.2, -0.15) is 0 Å². The predicted molar refractivity (Wildman–Crippen MR) is 124 cm³/mol. The fourth-order valence-electron chi connectivity index (χ4n) is 4.42. The number of imidazole rings is 1. The average Bonchev–Trinajstić information content (AvgIpc) is 3.19. The summed E-state index contributed by atoms with van der Waals surface area (Å²) in [7, 11) is 0. The molecular formula is C25H32ClN3O. The van der Waals surface area contributed by atoms with Crippen LogP contribution in [-0.4, -0.2) is 23.1 Å². The summed E-state index contributed by atoms with van der Waals surface area (Å²) in [4.78, 5) is 8.19. The van der Waals surface area contributed by atoms with Crippen LogP contribution in [-0.2, 0) is 13.0 Å². The highest BCUT2D eigenvalue weighted by molar-refractivity contribution is 6.30. The van der Waals surface area contributed by atoms with Gasteiger partial charge in [0.1, 0.15) is 18.2 Å². The topological polar surface area (TPSA) is 49.9 Å². The SMILES string of the molecule is Cc1c(CCCCCC2CCNCC2)ccc2[nH]c(COc3ccc(Cl)cc3)nc12. The van der Waals surface area contributed by atoms with Gasteiger partial charge < -0.3 is 15.0 Å². The highest BCUT2D eigenvalue weighted by atomic mass is 35.5. The van der Waals surface area contributed by atoms with Crippen LogP contribution >= 0.6 is 11.6 Å². The van der Waals surface area contributed by atoms with Gasteiger partial charge >= 0.3 is 0 Å². The molecule has 5 heteroatoms. The van der Waals surface area contributed by atoms with E-state index in [4.69, 9.17) is 21.3 Å². The summed E-state index contributed by atoms with van der Waals surface area (Å²) in [5.41, 5.74) is 4.86. The summed E-state index contributed by atoms with van der Waals surface area (Å²) in [6.07, 6.45) is 9.20. The number of nitrogens with zero attached hydrogens (tertiary/aromatic N) is 1. The van der Waals surface area contributed by atoms with Crippen molar-refractivity contribution in [2.75, 3.05) is 13.1 Å². The van der Waals surface area contributed by atoms with Crippen molar-refractivity contribution >= 4 is 22.6 Å². The highest BCUT2D eigenvalue weighted by Crippen LogP contribution is 2.24. The number of hydrogen-bond donors (Lipinski definition) is 2. The van der Waals surface area contributed by atoms with Crippen LogP contribution in [0.5, 0.6) is 5.75 Å². The summed E-state index contributed by atoms with van der Waals surface area (Å²) in [5, 5.41) is 4.17. The molecule has 0 atom stereocenters. The van der Waals surface area contributed by atoms with Gasteiger partial charge in [-0.05, 0) is 93.1 Å². The molecule has 0 bridgehead atoms. The molecule has 0 amide bonds. The van der Waals surface area contributed by atoms with E-state index in [9.17, 15) is 0 Å². The minimum Gasteiger partial charge on any atom is -0.486 e. The van der Waals surface area contributed by atoms with E-state index in [0.29, 0.717) is 11.6 Å². The van der Waals surface area contributed by atoms with Crippen molar-refractivity contribution in [1.29, 1.82) is 0 Å². The normalized spacial score (nSPS) is 15.0. The maximum absolute atomic E-state index is 5.93. The van der Waals surface area contributed by atoms with E-state index < -0.39 is 0 Å².